The van der Waals surface area contributed by atoms with Crippen LogP contribution in [0.3, 0.4) is 0 Å². The van der Waals surface area contributed by atoms with Crippen LogP contribution >= 0.6 is 0 Å². The van der Waals surface area contributed by atoms with Crippen LogP contribution in [-0.4, -0.2) is 104 Å². The highest BCUT2D eigenvalue weighted by atomic mass is 16.5. The molecule has 3 rings (SSSR count). The van der Waals surface area contributed by atoms with E-state index in [1.54, 1.807) is 6.20 Å². The molecular weight excluding hydrogens is 624 g/mol. The van der Waals surface area contributed by atoms with Gasteiger partial charge < -0.3 is 19.2 Å². The summed E-state index contributed by atoms with van der Waals surface area (Å²) in [7, 11) is 2.04. The predicted molar refractivity (Wildman–Crippen MR) is 205 cm³/mol. The molecule has 1 N–H and O–H groups in total. The lowest BCUT2D eigenvalue weighted by molar-refractivity contribution is -0.146. The summed E-state index contributed by atoms with van der Waals surface area (Å²) in [6, 6.07) is 9.27. The summed E-state index contributed by atoms with van der Waals surface area (Å²) in [6.45, 7) is 22.0. The number of rotatable bonds is 28. The molecule has 0 aliphatic carbocycles. The zero-order chi connectivity index (χ0) is 36.0. The van der Waals surface area contributed by atoms with Gasteiger partial charge in [-0.1, -0.05) is 58.9 Å². The Labute approximate surface area is 303 Å². The average Bonchev–Trinajstić information content (AvgIpc) is 3.78. The van der Waals surface area contributed by atoms with Gasteiger partial charge in [0.25, 0.3) is 0 Å². The lowest BCUT2D eigenvalue weighted by atomic mass is 10.1. The van der Waals surface area contributed by atoms with E-state index in [1.165, 1.54) is 43.5 Å². The van der Waals surface area contributed by atoms with Crippen molar-refractivity contribution in [2.45, 2.75) is 118 Å². The average molecular weight is 693 g/mol. The molecule has 10 nitrogen and oxygen atoms in total. The van der Waals surface area contributed by atoms with Gasteiger partial charge in [-0.05, 0) is 95.3 Å². The fraction of sp³-hybridized carbons (Fsp3) is 0.675. The van der Waals surface area contributed by atoms with Crippen LogP contribution < -0.4 is 0 Å². The summed E-state index contributed by atoms with van der Waals surface area (Å²) in [5.41, 5.74) is 2.52. The Bertz CT molecular complexity index is 1270. The number of nitrogens with one attached hydrogen (secondary N) is 1. The second-order valence-corrected chi connectivity index (χ2v) is 13.8. The van der Waals surface area contributed by atoms with Gasteiger partial charge in [-0.3, -0.25) is 19.5 Å². The van der Waals surface area contributed by atoms with Crippen molar-refractivity contribution in [1.82, 2.24) is 39.1 Å². The molecule has 0 aliphatic rings. The Morgan fingerprint density at radius 2 is 1.36 bits per heavy atom. The SMILES string of the molecule is CCCN(CCC)CCCCN(CCC(=O)OCC(CC)N(CCC)CCC)Cc1ccc(CN(Cc2ncc[nH]2)Cc2nccn2C)cc1. The molecule has 0 radical (unpaired) electrons. The summed E-state index contributed by atoms with van der Waals surface area (Å²) in [6.07, 6.45) is 15.8. The third kappa shape index (κ3) is 15.5. The molecule has 2 heterocycles. The molecule has 10 heteroatoms. The fourth-order valence-electron chi connectivity index (χ4n) is 6.73. The highest BCUT2D eigenvalue weighted by molar-refractivity contribution is 5.69. The van der Waals surface area contributed by atoms with E-state index in [1.807, 2.05) is 25.6 Å². The first-order valence-corrected chi connectivity index (χ1v) is 19.5. The van der Waals surface area contributed by atoms with Crippen LogP contribution in [-0.2, 0) is 42.8 Å². The van der Waals surface area contributed by atoms with Crippen molar-refractivity contribution in [2.24, 2.45) is 7.05 Å². The molecule has 0 aliphatic heterocycles. The Morgan fingerprint density at radius 3 is 1.90 bits per heavy atom. The molecule has 0 fully saturated rings. The zero-order valence-electron chi connectivity index (χ0n) is 32.3. The van der Waals surface area contributed by atoms with Crippen molar-refractivity contribution in [2.75, 3.05) is 52.4 Å². The number of unbranched alkanes of at least 4 members (excludes halogenated alkanes) is 1. The van der Waals surface area contributed by atoms with Crippen LogP contribution in [0.1, 0.15) is 109 Å². The number of aromatic amines is 1. The number of hydrogen-bond donors (Lipinski definition) is 1. The number of esters is 1. The van der Waals surface area contributed by atoms with Crippen LogP contribution in [0.4, 0.5) is 0 Å². The molecule has 3 aromatic rings. The van der Waals surface area contributed by atoms with E-state index in [2.05, 4.69) is 98.0 Å². The maximum Gasteiger partial charge on any atom is 0.307 e. The minimum absolute atomic E-state index is 0.0850. The minimum Gasteiger partial charge on any atom is -0.464 e. The molecule has 0 bridgehead atoms. The largest absolute Gasteiger partial charge is 0.464 e. The van der Waals surface area contributed by atoms with Crippen molar-refractivity contribution in [3.8, 4) is 0 Å². The molecule has 280 valence electrons. The molecule has 0 spiro atoms. The minimum atomic E-state index is -0.0850. The van der Waals surface area contributed by atoms with Crippen molar-refractivity contribution in [3.63, 3.8) is 0 Å². The monoisotopic (exact) mass is 693 g/mol. The zero-order valence-corrected chi connectivity index (χ0v) is 32.3. The molecular formula is C40H68N8O2. The van der Waals surface area contributed by atoms with E-state index in [9.17, 15) is 4.79 Å². The Morgan fingerprint density at radius 1 is 0.740 bits per heavy atom. The summed E-state index contributed by atoms with van der Waals surface area (Å²) >= 11 is 0. The molecule has 0 saturated carbocycles. The number of imidazole rings is 2. The van der Waals surface area contributed by atoms with E-state index in [4.69, 9.17) is 4.74 Å². The van der Waals surface area contributed by atoms with E-state index < -0.39 is 0 Å². The summed E-state index contributed by atoms with van der Waals surface area (Å²) in [4.78, 5) is 35.2. The number of aryl methyl sites for hydroxylation is 1. The van der Waals surface area contributed by atoms with E-state index in [0.29, 0.717) is 32.2 Å². The first-order chi connectivity index (χ1) is 24.4. The van der Waals surface area contributed by atoms with Gasteiger partial charge in [0.05, 0.1) is 19.5 Å². The fourth-order valence-corrected chi connectivity index (χ4v) is 6.73. The maximum atomic E-state index is 13.0. The first kappa shape index (κ1) is 41.4. The highest BCUT2D eigenvalue weighted by Gasteiger charge is 2.19. The number of carbonyl (C=O) groups excluding carboxylic acids is 1. The van der Waals surface area contributed by atoms with Gasteiger partial charge in [0.15, 0.2) is 0 Å². The van der Waals surface area contributed by atoms with Gasteiger partial charge in [0.2, 0.25) is 0 Å². The number of hydrogen-bond acceptors (Lipinski definition) is 8. The molecule has 1 unspecified atom stereocenters. The van der Waals surface area contributed by atoms with E-state index in [-0.39, 0.29) is 5.97 Å². The van der Waals surface area contributed by atoms with Gasteiger partial charge in [-0.2, -0.15) is 0 Å². The van der Waals surface area contributed by atoms with E-state index in [0.717, 1.165) is 83.1 Å². The molecule has 2 aromatic heterocycles. The molecule has 1 aromatic carbocycles. The predicted octanol–water partition coefficient (Wildman–Crippen LogP) is 6.88. The third-order valence-electron chi connectivity index (χ3n) is 9.41. The second kappa shape index (κ2) is 24.2. The van der Waals surface area contributed by atoms with Crippen LogP contribution in [0.25, 0.3) is 0 Å². The Kier molecular flexibility index (Phi) is 20.0. The lowest BCUT2D eigenvalue weighted by Gasteiger charge is -2.30. The quantitative estimate of drug-likeness (QED) is 0.0651. The number of nitrogens with zero attached hydrogens (tertiary/aromatic N) is 7. The van der Waals surface area contributed by atoms with Crippen molar-refractivity contribution >= 4 is 5.97 Å². The third-order valence-corrected chi connectivity index (χ3v) is 9.41. The van der Waals surface area contributed by atoms with Gasteiger partial charge in [-0.25, -0.2) is 9.97 Å². The van der Waals surface area contributed by atoms with Gasteiger partial charge in [0, 0.05) is 57.5 Å². The van der Waals surface area contributed by atoms with Crippen molar-refractivity contribution in [3.05, 3.63) is 71.8 Å². The van der Waals surface area contributed by atoms with Crippen LogP contribution in [0.2, 0.25) is 0 Å². The number of carbonyl (C=O) groups is 1. The number of benzene rings is 1. The van der Waals surface area contributed by atoms with E-state index >= 15 is 0 Å². The van der Waals surface area contributed by atoms with Crippen LogP contribution in [0.5, 0.6) is 0 Å². The van der Waals surface area contributed by atoms with Gasteiger partial charge >= 0.3 is 5.97 Å². The number of ether oxygens (including phenoxy) is 1. The summed E-state index contributed by atoms with van der Waals surface area (Å²) in [5, 5.41) is 0. The van der Waals surface area contributed by atoms with Gasteiger partial charge in [-0.15, -0.1) is 0 Å². The van der Waals surface area contributed by atoms with Crippen molar-refractivity contribution < 1.29 is 9.53 Å². The van der Waals surface area contributed by atoms with Crippen LogP contribution in [0.15, 0.2) is 49.1 Å². The summed E-state index contributed by atoms with van der Waals surface area (Å²) < 4.78 is 7.96. The topological polar surface area (TPSA) is 85.8 Å². The highest BCUT2D eigenvalue weighted by Crippen LogP contribution is 2.15. The van der Waals surface area contributed by atoms with Crippen molar-refractivity contribution in [1.29, 1.82) is 0 Å². The first-order valence-electron chi connectivity index (χ1n) is 19.5. The second-order valence-electron chi connectivity index (χ2n) is 13.8. The van der Waals surface area contributed by atoms with Gasteiger partial charge in [0.1, 0.15) is 18.3 Å². The maximum absolute atomic E-state index is 13.0. The molecule has 0 saturated heterocycles. The standard InChI is InChI=1S/C40H68N8O2/c1-7-22-45(23-8-2)26-12-13-27-46(28-18-40(49)50-34-37(11-5)48(24-9-3)25-10-4)30-35-14-16-36(17-15-35)31-47(32-38-41-19-20-42-38)33-39-43-21-29-44(39)6/h14-17,19-21,29,37H,7-13,18,22-28,30-34H2,1-6H3,(H,41,42). The normalized spacial score (nSPS) is 12.5. The molecule has 1 atom stereocenters. The Hall–Kier alpha value is -3.05. The number of H-pyrrole nitrogens is 1. The molecule has 50 heavy (non-hydrogen) atoms. The Balaban J connectivity index is 1.61. The van der Waals surface area contributed by atoms with Crippen LogP contribution in [0, 0.1) is 0 Å². The smallest absolute Gasteiger partial charge is 0.307 e. The molecule has 0 amide bonds. The lowest BCUT2D eigenvalue weighted by Crippen LogP contribution is -2.40. The summed E-state index contributed by atoms with van der Waals surface area (Å²) in [5.74, 6) is 1.89. The number of aromatic nitrogens is 4.